The Labute approximate surface area is 217 Å². The average Bonchev–Trinajstić information content (AvgIpc) is 3.57. The van der Waals surface area contributed by atoms with E-state index in [9.17, 15) is 18.0 Å². The molecule has 11 heteroatoms. The van der Waals surface area contributed by atoms with Gasteiger partial charge in [0.1, 0.15) is 0 Å². The number of likely N-dealkylation sites (tertiary alicyclic amines) is 1. The Hall–Kier alpha value is -3.34. The van der Waals surface area contributed by atoms with Gasteiger partial charge in [0.2, 0.25) is 0 Å². The van der Waals surface area contributed by atoms with Gasteiger partial charge in [-0.05, 0) is 79.1 Å². The Balaban J connectivity index is 0.00000294. The van der Waals surface area contributed by atoms with Crippen LogP contribution < -0.4 is 5.69 Å². The molecular weight excluding hydrogens is 500 g/mol. The monoisotopic (exact) mass is 530 g/mol. The van der Waals surface area contributed by atoms with E-state index in [0.29, 0.717) is 23.7 Å². The van der Waals surface area contributed by atoms with Gasteiger partial charge in [0.25, 0.3) is 0 Å². The summed E-state index contributed by atoms with van der Waals surface area (Å²) in [4.78, 5) is 15.6. The number of rotatable bonds is 6. The molecule has 3 aliphatic rings. The van der Waals surface area contributed by atoms with Crippen molar-refractivity contribution in [2.45, 2.75) is 50.7 Å². The summed E-state index contributed by atoms with van der Waals surface area (Å²) in [5.74, 6) is 0.416. The van der Waals surface area contributed by atoms with Crippen LogP contribution in [0.4, 0.5) is 17.9 Å². The first-order valence-corrected chi connectivity index (χ1v) is 12.8. The van der Waals surface area contributed by atoms with Crippen molar-refractivity contribution in [3.05, 3.63) is 76.1 Å². The van der Waals surface area contributed by atoms with Gasteiger partial charge in [-0.3, -0.25) is 18.6 Å². The molecular formula is C27H30F4N6O+. The van der Waals surface area contributed by atoms with Gasteiger partial charge in [-0.25, -0.2) is 9.37 Å². The van der Waals surface area contributed by atoms with Crippen molar-refractivity contribution in [2.24, 2.45) is 16.1 Å². The fourth-order valence-electron chi connectivity index (χ4n) is 5.79. The predicted octanol–water partition coefficient (Wildman–Crippen LogP) is 5.37. The van der Waals surface area contributed by atoms with Gasteiger partial charge >= 0.3 is 24.4 Å². The second-order valence-electron chi connectivity index (χ2n) is 10.3. The lowest BCUT2D eigenvalue weighted by Gasteiger charge is -2.34. The van der Waals surface area contributed by atoms with E-state index >= 15 is 0 Å². The molecule has 4 heterocycles. The van der Waals surface area contributed by atoms with Crippen LogP contribution in [0, 0.1) is 12.1 Å². The van der Waals surface area contributed by atoms with Crippen LogP contribution in [0.15, 0.2) is 57.7 Å². The zero-order valence-electron chi connectivity index (χ0n) is 21.1. The summed E-state index contributed by atoms with van der Waals surface area (Å²) >= 11 is 0. The van der Waals surface area contributed by atoms with E-state index in [0.717, 1.165) is 61.3 Å². The zero-order valence-corrected chi connectivity index (χ0v) is 21.1. The minimum Gasteiger partial charge on any atom is -0.299 e. The van der Waals surface area contributed by atoms with Crippen LogP contribution in [0.1, 0.15) is 54.7 Å². The Bertz CT molecular complexity index is 1450. The molecule has 0 unspecified atom stereocenters. The molecule has 0 bridgehead atoms. The highest BCUT2D eigenvalue weighted by molar-refractivity contribution is 5.58. The SMILES string of the molecule is C[N+]1=CN=N[C]1[C@@H](c1cccc(-n2cc3c(C(F)(F)F)cc(CN4CCCC4)cn3c2=O)c1)C1CCC1.F. The number of aromatic nitrogens is 2. The molecule has 1 aliphatic carbocycles. The molecule has 1 atom stereocenters. The van der Waals surface area contributed by atoms with Crippen molar-refractivity contribution in [1.82, 2.24) is 13.9 Å². The Morgan fingerprint density at radius 1 is 1.11 bits per heavy atom. The van der Waals surface area contributed by atoms with Crippen LogP contribution in [-0.4, -0.2) is 44.9 Å². The summed E-state index contributed by atoms with van der Waals surface area (Å²) in [6, 6.07) is 8.70. The summed E-state index contributed by atoms with van der Waals surface area (Å²) < 4.78 is 46.7. The summed E-state index contributed by atoms with van der Waals surface area (Å²) in [7, 11) is 1.91. The number of hydrogen-bond donors (Lipinski definition) is 0. The molecule has 1 saturated carbocycles. The van der Waals surface area contributed by atoms with Crippen molar-refractivity contribution in [3.8, 4) is 5.69 Å². The van der Waals surface area contributed by atoms with Crippen LogP contribution in [0.5, 0.6) is 0 Å². The lowest BCUT2D eigenvalue weighted by molar-refractivity contribution is -0.480. The topological polar surface area (TPSA) is 57.4 Å². The molecule has 2 aromatic heterocycles. The number of pyridine rings is 1. The maximum atomic E-state index is 14.1. The number of halogens is 4. The molecule has 0 amide bonds. The number of benzene rings is 1. The van der Waals surface area contributed by atoms with Gasteiger partial charge in [-0.15, -0.1) is 0 Å². The van der Waals surface area contributed by atoms with E-state index in [1.54, 1.807) is 18.6 Å². The smallest absolute Gasteiger partial charge is 0.299 e. The van der Waals surface area contributed by atoms with Gasteiger partial charge in [-0.2, -0.15) is 13.2 Å². The van der Waals surface area contributed by atoms with Gasteiger partial charge in [0.15, 0.2) is 0 Å². The lowest BCUT2D eigenvalue weighted by atomic mass is 9.71. The Morgan fingerprint density at radius 3 is 2.50 bits per heavy atom. The minimum atomic E-state index is -4.58. The number of fused-ring (bicyclic) bond motifs is 1. The van der Waals surface area contributed by atoms with Crippen LogP contribution in [0.25, 0.3) is 11.2 Å². The predicted molar refractivity (Wildman–Crippen MR) is 135 cm³/mol. The Kier molecular flexibility index (Phi) is 6.97. The first kappa shape index (κ1) is 26.3. The van der Waals surface area contributed by atoms with Gasteiger partial charge in [0.05, 0.1) is 34.8 Å². The van der Waals surface area contributed by atoms with Gasteiger partial charge < -0.3 is 0 Å². The van der Waals surface area contributed by atoms with Crippen LogP contribution >= 0.6 is 0 Å². The third-order valence-corrected chi connectivity index (χ3v) is 7.89. The fraction of sp³-hybridized carbons (Fsp3) is 0.444. The Morgan fingerprint density at radius 2 is 1.87 bits per heavy atom. The van der Waals surface area contributed by atoms with Crippen molar-refractivity contribution >= 4 is 11.9 Å². The molecule has 201 valence electrons. The second kappa shape index (κ2) is 10.1. The normalized spacial score (nSPS) is 19.5. The van der Waals surface area contributed by atoms with Crippen molar-refractivity contribution < 1.29 is 22.5 Å². The van der Waals surface area contributed by atoms with Gasteiger partial charge in [0, 0.05) is 18.9 Å². The molecule has 1 saturated heterocycles. The number of nitrogens with zero attached hydrogens (tertiary/aromatic N) is 6. The van der Waals surface area contributed by atoms with E-state index < -0.39 is 17.4 Å². The molecule has 7 nitrogen and oxygen atoms in total. The molecule has 0 N–H and O–H groups in total. The third-order valence-electron chi connectivity index (χ3n) is 7.89. The van der Waals surface area contributed by atoms with E-state index in [1.165, 1.54) is 16.8 Å². The van der Waals surface area contributed by atoms with Crippen LogP contribution in [0.3, 0.4) is 0 Å². The summed E-state index contributed by atoms with van der Waals surface area (Å²) in [6.07, 6.45) is 6.20. The number of alkyl halides is 3. The molecule has 3 aromatic rings. The largest absolute Gasteiger partial charge is 0.418 e. The van der Waals surface area contributed by atoms with Crippen molar-refractivity contribution in [1.29, 1.82) is 0 Å². The number of azo groups is 1. The molecule has 1 radical (unpaired) electrons. The number of hydrogen-bond acceptors (Lipinski definition) is 4. The first-order chi connectivity index (χ1) is 17.8. The van der Waals surface area contributed by atoms with Crippen LogP contribution in [-0.2, 0) is 12.7 Å². The maximum Gasteiger partial charge on any atom is 0.418 e. The van der Waals surface area contributed by atoms with Crippen molar-refractivity contribution in [2.75, 3.05) is 20.1 Å². The highest BCUT2D eigenvalue weighted by Crippen LogP contribution is 2.46. The molecule has 6 rings (SSSR count). The molecule has 38 heavy (non-hydrogen) atoms. The summed E-state index contributed by atoms with van der Waals surface area (Å²) in [5, 5.41) is 8.41. The van der Waals surface area contributed by atoms with Crippen LogP contribution in [0.2, 0.25) is 0 Å². The highest BCUT2D eigenvalue weighted by Gasteiger charge is 2.42. The number of imidazole rings is 1. The quantitative estimate of drug-likeness (QED) is 0.318. The fourth-order valence-corrected chi connectivity index (χ4v) is 5.79. The third kappa shape index (κ3) is 4.68. The molecule has 2 fully saturated rings. The lowest BCUT2D eigenvalue weighted by Crippen LogP contribution is -2.29. The number of likely N-dealkylation sites (N-methyl/N-ethyl adjacent to an activating group) is 1. The second-order valence-corrected chi connectivity index (χ2v) is 10.3. The van der Waals surface area contributed by atoms with E-state index in [1.807, 2.05) is 29.8 Å². The highest BCUT2D eigenvalue weighted by atomic mass is 19.4. The summed E-state index contributed by atoms with van der Waals surface area (Å²) in [5.41, 5.74) is 0.556. The van der Waals surface area contributed by atoms with E-state index in [4.69, 9.17) is 0 Å². The average molecular weight is 531 g/mol. The standard InChI is InChI=1S/C27H29F3N6O.FH/c1-33-17-31-32-25(33)24(19-6-4-7-19)20-8-5-9-21(13-20)35-16-23-22(27(28,29)30)12-18(15-36(23)26(35)37)14-34-10-2-3-11-34;/h5,8-9,12-13,15-17,19,24H,2-4,6-7,10-11,14H2,1H3;1H/q+1;/t24-;/m1./s1. The molecule has 2 aliphatic heterocycles. The maximum absolute atomic E-state index is 14.1. The summed E-state index contributed by atoms with van der Waals surface area (Å²) in [6.45, 7) is 2.11. The molecule has 1 aromatic carbocycles. The van der Waals surface area contributed by atoms with E-state index in [2.05, 4.69) is 15.1 Å². The zero-order chi connectivity index (χ0) is 25.7. The van der Waals surface area contributed by atoms with E-state index in [-0.39, 0.29) is 16.1 Å². The minimum absolute atomic E-state index is 0. The van der Waals surface area contributed by atoms with Gasteiger partial charge in [-0.1, -0.05) is 18.6 Å². The van der Waals surface area contributed by atoms with Crippen molar-refractivity contribution in [3.63, 3.8) is 0 Å². The first-order valence-electron chi connectivity index (χ1n) is 12.8. The molecule has 0 spiro atoms.